The second-order valence-electron chi connectivity index (χ2n) is 5.37. The highest BCUT2D eigenvalue weighted by Gasteiger charge is 2.17. The summed E-state index contributed by atoms with van der Waals surface area (Å²) in [5, 5.41) is 16.9. The van der Waals surface area contributed by atoms with E-state index in [1.807, 2.05) is 13.8 Å². The van der Waals surface area contributed by atoms with Crippen molar-refractivity contribution in [1.29, 1.82) is 5.26 Å². The second-order valence-corrected chi connectivity index (χ2v) is 5.37. The number of carbonyl (C=O) groups excluding carboxylic acids is 1. The van der Waals surface area contributed by atoms with Gasteiger partial charge in [-0.25, -0.2) is 4.98 Å². The Bertz CT molecular complexity index is 965. The van der Waals surface area contributed by atoms with E-state index < -0.39 is 0 Å². The number of amides is 1. The SMILES string of the molecule is Cc1cc(C(=O)Nc2cccc(C#N)c2)c2c(C)nn(C)c2n1. The van der Waals surface area contributed by atoms with Crippen LogP contribution in [0, 0.1) is 25.2 Å². The minimum Gasteiger partial charge on any atom is -0.322 e. The molecule has 2 heterocycles. The Balaban J connectivity index is 2.06. The van der Waals surface area contributed by atoms with Crippen molar-refractivity contribution in [3.05, 3.63) is 52.8 Å². The summed E-state index contributed by atoms with van der Waals surface area (Å²) in [5.41, 5.74) is 3.79. The van der Waals surface area contributed by atoms with Gasteiger partial charge >= 0.3 is 0 Å². The van der Waals surface area contributed by atoms with E-state index in [9.17, 15) is 4.79 Å². The maximum absolute atomic E-state index is 12.7. The molecule has 1 N–H and O–H groups in total. The molecule has 0 saturated carbocycles. The van der Waals surface area contributed by atoms with Crippen molar-refractivity contribution in [3.63, 3.8) is 0 Å². The Kier molecular flexibility index (Phi) is 3.54. The highest BCUT2D eigenvalue weighted by molar-refractivity contribution is 6.12. The van der Waals surface area contributed by atoms with Gasteiger partial charge in [0.15, 0.2) is 5.65 Å². The first-order valence-corrected chi connectivity index (χ1v) is 7.12. The Morgan fingerprint density at radius 2 is 2.09 bits per heavy atom. The lowest BCUT2D eigenvalue weighted by Gasteiger charge is -2.08. The van der Waals surface area contributed by atoms with Gasteiger partial charge in [0, 0.05) is 18.4 Å². The number of nitrogens with zero attached hydrogens (tertiary/aromatic N) is 4. The molecule has 0 fully saturated rings. The first kappa shape index (κ1) is 14.7. The summed E-state index contributed by atoms with van der Waals surface area (Å²) in [7, 11) is 1.81. The van der Waals surface area contributed by atoms with Crippen molar-refractivity contribution in [2.45, 2.75) is 13.8 Å². The van der Waals surface area contributed by atoms with Crippen molar-refractivity contribution in [3.8, 4) is 6.07 Å². The van der Waals surface area contributed by atoms with Crippen molar-refractivity contribution in [1.82, 2.24) is 14.8 Å². The maximum Gasteiger partial charge on any atom is 0.256 e. The summed E-state index contributed by atoms with van der Waals surface area (Å²) < 4.78 is 1.67. The molecule has 0 unspecified atom stereocenters. The number of rotatable bonds is 2. The van der Waals surface area contributed by atoms with Gasteiger partial charge in [0.25, 0.3) is 5.91 Å². The van der Waals surface area contributed by atoms with E-state index in [-0.39, 0.29) is 5.91 Å². The zero-order valence-corrected chi connectivity index (χ0v) is 13.1. The lowest BCUT2D eigenvalue weighted by Crippen LogP contribution is -2.13. The zero-order valence-electron chi connectivity index (χ0n) is 13.1. The molecule has 0 bridgehead atoms. The van der Waals surface area contributed by atoms with Crippen LogP contribution >= 0.6 is 0 Å². The molecule has 6 heteroatoms. The molecule has 114 valence electrons. The van der Waals surface area contributed by atoms with Gasteiger partial charge in [-0.15, -0.1) is 0 Å². The van der Waals surface area contributed by atoms with Crippen LogP contribution in [0.2, 0.25) is 0 Å². The molecule has 3 rings (SSSR count). The molecular weight excluding hydrogens is 290 g/mol. The molecule has 0 saturated heterocycles. The number of anilines is 1. The normalized spacial score (nSPS) is 10.5. The Labute approximate surface area is 133 Å². The summed E-state index contributed by atoms with van der Waals surface area (Å²) >= 11 is 0. The third-order valence-corrected chi connectivity index (χ3v) is 3.59. The van der Waals surface area contributed by atoms with Crippen LogP contribution in [0.1, 0.15) is 27.3 Å². The number of benzene rings is 1. The largest absolute Gasteiger partial charge is 0.322 e. The van der Waals surface area contributed by atoms with Crippen LogP contribution in [0.4, 0.5) is 5.69 Å². The number of fused-ring (bicyclic) bond motifs is 1. The molecule has 0 spiro atoms. The van der Waals surface area contributed by atoms with Crippen LogP contribution in [-0.4, -0.2) is 20.7 Å². The van der Waals surface area contributed by atoms with E-state index in [0.29, 0.717) is 22.5 Å². The predicted octanol–water partition coefficient (Wildman–Crippen LogP) is 2.71. The summed E-state index contributed by atoms with van der Waals surface area (Å²) in [4.78, 5) is 17.1. The van der Waals surface area contributed by atoms with Gasteiger partial charge < -0.3 is 5.32 Å². The molecule has 1 aromatic carbocycles. The molecular formula is C17H15N5O. The van der Waals surface area contributed by atoms with Gasteiger partial charge in [0.05, 0.1) is 28.3 Å². The number of nitrogens with one attached hydrogen (secondary N) is 1. The molecule has 6 nitrogen and oxygen atoms in total. The van der Waals surface area contributed by atoms with Crippen LogP contribution in [-0.2, 0) is 7.05 Å². The summed E-state index contributed by atoms with van der Waals surface area (Å²) in [6, 6.07) is 10.6. The fourth-order valence-corrected chi connectivity index (χ4v) is 2.61. The Morgan fingerprint density at radius 3 is 2.83 bits per heavy atom. The van der Waals surface area contributed by atoms with E-state index in [4.69, 9.17) is 5.26 Å². The summed E-state index contributed by atoms with van der Waals surface area (Å²) in [6.07, 6.45) is 0. The molecule has 0 atom stereocenters. The minimum absolute atomic E-state index is 0.244. The number of nitriles is 1. The highest BCUT2D eigenvalue weighted by atomic mass is 16.1. The molecule has 3 aromatic rings. The predicted molar refractivity (Wildman–Crippen MR) is 87.1 cm³/mol. The van der Waals surface area contributed by atoms with Gasteiger partial charge in [-0.05, 0) is 38.1 Å². The molecule has 23 heavy (non-hydrogen) atoms. The second kappa shape index (κ2) is 5.54. The Morgan fingerprint density at radius 1 is 1.30 bits per heavy atom. The number of carbonyl (C=O) groups is 1. The number of pyridine rings is 1. The minimum atomic E-state index is -0.244. The smallest absolute Gasteiger partial charge is 0.256 e. The van der Waals surface area contributed by atoms with Crippen molar-refractivity contribution >= 4 is 22.6 Å². The van der Waals surface area contributed by atoms with Crippen molar-refractivity contribution < 1.29 is 4.79 Å². The first-order valence-electron chi connectivity index (χ1n) is 7.12. The van der Waals surface area contributed by atoms with E-state index in [1.54, 1.807) is 42.1 Å². The first-order chi connectivity index (χ1) is 11.0. The lowest BCUT2D eigenvalue weighted by molar-refractivity contribution is 0.102. The van der Waals surface area contributed by atoms with Gasteiger partial charge in [-0.2, -0.15) is 10.4 Å². The number of hydrogen-bond acceptors (Lipinski definition) is 4. The van der Waals surface area contributed by atoms with Crippen LogP contribution in [0.25, 0.3) is 11.0 Å². The number of hydrogen-bond donors (Lipinski definition) is 1. The van der Waals surface area contributed by atoms with Gasteiger partial charge in [0.2, 0.25) is 0 Å². The molecule has 0 aliphatic heterocycles. The average Bonchev–Trinajstić information content (AvgIpc) is 2.81. The van der Waals surface area contributed by atoms with Crippen LogP contribution < -0.4 is 5.32 Å². The van der Waals surface area contributed by atoms with Gasteiger partial charge in [-0.3, -0.25) is 9.48 Å². The van der Waals surface area contributed by atoms with E-state index in [0.717, 1.165) is 16.8 Å². The summed E-state index contributed by atoms with van der Waals surface area (Å²) in [5.74, 6) is -0.244. The third-order valence-electron chi connectivity index (χ3n) is 3.59. The maximum atomic E-state index is 12.7. The highest BCUT2D eigenvalue weighted by Crippen LogP contribution is 2.23. The topological polar surface area (TPSA) is 83.6 Å². The molecule has 0 radical (unpaired) electrons. The average molecular weight is 305 g/mol. The monoisotopic (exact) mass is 305 g/mol. The van der Waals surface area contributed by atoms with Crippen LogP contribution in [0.15, 0.2) is 30.3 Å². The number of aryl methyl sites for hydroxylation is 3. The van der Waals surface area contributed by atoms with Crippen molar-refractivity contribution in [2.75, 3.05) is 5.32 Å². The fourth-order valence-electron chi connectivity index (χ4n) is 2.61. The quantitative estimate of drug-likeness (QED) is 0.789. The molecule has 0 aliphatic carbocycles. The van der Waals surface area contributed by atoms with E-state index in [2.05, 4.69) is 21.5 Å². The zero-order chi connectivity index (χ0) is 16.6. The van der Waals surface area contributed by atoms with Crippen molar-refractivity contribution in [2.24, 2.45) is 7.05 Å². The third kappa shape index (κ3) is 2.64. The standard InChI is InChI=1S/C17H15N5O/c1-10-7-14(15-11(2)21-22(3)16(15)19-10)17(23)20-13-6-4-5-12(8-13)9-18/h4-8H,1-3H3,(H,20,23). The fraction of sp³-hybridized carbons (Fsp3) is 0.176. The van der Waals surface area contributed by atoms with Gasteiger partial charge in [-0.1, -0.05) is 6.07 Å². The molecule has 0 aliphatic rings. The van der Waals surface area contributed by atoms with Crippen LogP contribution in [0.3, 0.4) is 0 Å². The van der Waals surface area contributed by atoms with Gasteiger partial charge in [0.1, 0.15) is 0 Å². The Hall–Kier alpha value is -3.20. The van der Waals surface area contributed by atoms with Crippen LogP contribution in [0.5, 0.6) is 0 Å². The molecule has 2 aromatic heterocycles. The van der Waals surface area contributed by atoms with E-state index >= 15 is 0 Å². The number of aromatic nitrogens is 3. The van der Waals surface area contributed by atoms with E-state index in [1.165, 1.54) is 0 Å². The molecule has 1 amide bonds. The summed E-state index contributed by atoms with van der Waals surface area (Å²) in [6.45, 7) is 3.70. The lowest BCUT2D eigenvalue weighted by atomic mass is 10.1.